The molecule has 0 fully saturated rings. The second-order valence-electron chi connectivity index (χ2n) is 11.1. The van der Waals surface area contributed by atoms with Gasteiger partial charge in [-0.2, -0.15) is 0 Å². The molecule has 0 spiro atoms. The van der Waals surface area contributed by atoms with E-state index in [4.69, 9.17) is 23.2 Å². The van der Waals surface area contributed by atoms with Crippen molar-refractivity contribution in [3.05, 3.63) is 145 Å². The molecule has 0 saturated carbocycles. The lowest BCUT2D eigenvalue weighted by Crippen LogP contribution is -2.72. The van der Waals surface area contributed by atoms with Gasteiger partial charge in [-0.25, -0.2) is 81.0 Å². The summed E-state index contributed by atoms with van der Waals surface area (Å²) in [6.07, 6.45) is -3.51. The number of aryl methyl sites for hydroxylation is 3. The topological polar surface area (TPSA) is 8.81 Å². The van der Waals surface area contributed by atoms with Crippen molar-refractivity contribution >= 4 is 51.8 Å². The Morgan fingerprint density at radius 3 is 1.04 bits per heavy atom. The first kappa shape index (κ1) is 40.2. The van der Waals surface area contributed by atoms with Gasteiger partial charge in [0.05, 0.1) is 14.1 Å². The standard InChI is InChI=1S/C27H9BF15.C5H7Cl2N2/c1-8-2-4-9(5-3-8)6-7-28(10-13(29)19(35)25(41)20(36)14(10)30,11-15(31)21(37)26(42)22(38)16(11)32)12-17(33)23(39)27(43)24(40)18(12)34;1-8-3-9(2)5(7)4(8)6/h2-7H,1H3;3H,1-2H3/q-1;+1/b7-6-;. The number of halogens is 17. The van der Waals surface area contributed by atoms with Gasteiger partial charge in [-0.15, -0.1) is 16.4 Å². The quantitative estimate of drug-likeness (QED) is 0.0562. The molecule has 5 rings (SSSR count). The van der Waals surface area contributed by atoms with E-state index in [1.165, 1.54) is 19.1 Å². The van der Waals surface area contributed by atoms with Crippen LogP contribution in [0.15, 0.2) is 36.6 Å². The lowest BCUT2D eigenvalue weighted by Gasteiger charge is -2.41. The van der Waals surface area contributed by atoms with E-state index in [9.17, 15) is 39.5 Å². The lowest BCUT2D eigenvalue weighted by atomic mass is 9.15. The number of rotatable bonds is 5. The van der Waals surface area contributed by atoms with Crippen molar-refractivity contribution in [2.75, 3.05) is 0 Å². The van der Waals surface area contributed by atoms with Crippen LogP contribution < -0.4 is 21.0 Å². The van der Waals surface area contributed by atoms with Crippen LogP contribution in [0.25, 0.3) is 6.08 Å². The first-order valence-corrected chi connectivity index (χ1v) is 14.7. The Bertz CT molecular complexity index is 2000. The Hall–Kier alpha value is -4.58. The van der Waals surface area contributed by atoms with Gasteiger partial charge >= 0.3 is 0 Å². The van der Waals surface area contributed by atoms with Crippen LogP contribution in [-0.2, 0) is 14.1 Å². The molecule has 0 aliphatic rings. The molecule has 0 saturated heterocycles. The molecule has 52 heavy (non-hydrogen) atoms. The largest absolute Gasteiger partial charge is 0.254 e. The number of nitrogens with zero attached hydrogens (tertiary/aromatic N) is 2. The maximum atomic E-state index is 15.4. The number of benzene rings is 4. The van der Waals surface area contributed by atoms with Crippen LogP contribution in [0.2, 0.25) is 10.3 Å². The molecule has 0 amide bonds. The zero-order valence-corrected chi connectivity index (χ0v) is 27.5. The minimum atomic E-state index is -5.73. The highest BCUT2D eigenvalue weighted by Crippen LogP contribution is 2.29. The van der Waals surface area contributed by atoms with Crippen LogP contribution in [0.3, 0.4) is 0 Å². The average Bonchev–Trinajstić information content (AvgIpc) is 3.34. The summed E-state index contributed by atoms with van der Waals surface area (Å²) in [6.45, 7) is 1.51. The van der Waals surface area contributed by atoms with Crippen molar-refractivity contribution in [2.45, 2.75) is 6.92 Å². The summed E-state index contributed by atoms with van der Waals surface area (Å²) in [7, 11) is 3.68. The third-order valence-corrected chi connectivity index (χ3v) is 8.88. The number of aromatic nitrogens is 2. The summed E-state index contributed by atoms with van der Waals surface area (Å²) in [5.41, 5.74) is -7.83. The van der Waals surface area contributed by atoms with E-state index in [0.29, 0.717) is 21.9 Å². The van der Waals surface area contributed by atoms with Crippen molar-refractivity contribution in [3.63, 3.8) is 0 Å². The summed E-state index contributed by atoms with van der Waals surface area (Å²) in [5.74, 6) is -45.7. The maximum absolute atomic E-state index is 15.4. The van der Waals surface area contributed by atoms with Gasteiger partial charge in [-0.3, -0.25) is 0 Å². The van der Waals surface area contributed by atoms with Crippen LogP contribution >= 0.6 is 23.2 Å². The SMILES string of the molecule is Cc1ccc(/C=C\[B-](c2c(F)c(F)c(F)c(F)c2F)(c2c(F)c(F)c(F)c(F)c2F)c2c(F)c(F)c(F)c(F)c2F)cc1.Cn1c[n+](C)c(Cl)c1Cl. The van der Waals surface area contributed by atoms with Crippen molar-refractivity contribution in [1.82, 2.24) is 4.57 Å². The molecular weight excluding hydrogens is 779 g/mol. The Morgan fingerprint density at radius 1 is 0.519 bits per heavy atom. The average molecular weight is 795 g/mol. The lowest BCUT2D eigenvalue weighted by molar-refractivity contribution is -0.668. The Kier molecular flexibility index (Phi) is 11.4. The third kappa shape index (κ3) is 6.50. The predicted octanol–water partition coefficient (Wildman–Crippen LogP) is 7.96. The van der Waals surface area contributed by atoms with E-state index >= 15 is 26.3 Å². The highest BCUT2D eigenvalue weighted by Gasteiger charge is 2.46. The van der Waals surface area contributed by atoms with Gasteiger partial charge in [-0.05, 0) is 35.7 Å². The highest BCUT2D eigenvalue weighted by atomic mass is 35.5. The van der Waals surface area contributed by atoms with E-state index < -0.39 is 110 Å². The monoisotopic (exact) mass is 794 g/mol. The third-order valence-electron chi connectivity index (χ3n) is 7.89. The molecule has 1 aromatic heterocycles. The Morgan fingerprint density at radius 2 is 0.808 bits per heavy atom. The fourth-order valence-corrected chi connectivity index (χ4v) is 5.73. The molecular formula is C32H16BCl2F15N2. The Labute approximate surface area is 292 Å². The summed E-state index contributed by atoms with van der Waals surface area (Å²) < 4.78 is 224. The highest BCUT2D eigenvalue weighted by molar-refractivity contribution is 7.15. The van der Waals surface area contributed by atoms with Gasteiger partial charge in [0.15, 0.2) is 52.4 Å². The van der Waals surface area contributed by atoms with Crippen molar-refractivity contribution in [2.24, 2.45) is 14.1 Å². The van der Waals surface area contributed by atoms with Crippen LogP contribution in [0.5, 0.6) is 0 Å². The van der Waals surface area contributed by atoms with Crippen LogP contribution in [-0.4, -0.2) is 10.7 Å². The maximum Gasteiger partial charge on any atom is 0.254 e. The molecule has 0 bridgehead atoms. The molecule has 0 aliphatic carbocycles. The fourth-order valence-electron chi connectivity index (χ4n) is 5.37. The van der Waals surface area contributed by atoms with E-state index in [1.54, 1.807) is 9.13 Å². The molecule has 5 aromatic rings. The molecule has 0 N–H and O–H groups in total. The fraction of sp³-hybridized carbons (Fsp3) is 0.0938. The second kappa shape index (κ2) is 14.8. The summed E-state index contributed by atoms with van der Waals surface area (Å²) in [6, 6.07) is 4.73. The number of imidazole rings is 1. The zero-order valence-electron chi connectivity index (χ0n) is 25.9. The van der Waals surface area contributed by atoms with Crippen LogP contribution in [0.4, 0.5) is 65.9 Å². The minimum Gasteiger partial charge on any atom is -0.230 e. The van der Waals surface area contributed by atoms with Gasteiger partial charge in [0, 0.05) is 0 Å². The second-order valence-corrected chi connectivity index (χ2v) is 11.8. The minimum absolute atomic E-state index is 0.167. The normalized spacial score (nSPS) is 11.8. The molecule has 276 valence electrons. The van der Waals surface area contributed by atoms with E-state index in [0.717, 1.165) is 12.1 Å². The number of hydrogen-bond donors (Lipinski definition) is 0. The summed E-state index contributed by atoms with van der Waals surface area (Å²) in [5, 5.41) is 1.14. The summed E-state index contributed by atoms with van der Waals surface area (Å²) in [4.78, 5) is 0. The predicted molar refractivity (Wildman–Crippen MR) is 160 cm³/mol. The first-order chi connectivity index (χ1) is 24.1. The van der Waals surface area contributed by atoms with Crippen molar-refractivity contribution in [3.8, 4) is 0 Å². The van der Waals surface area contributed by atoms with Gasteiger partial charge < -0.3 is 0 Å². The van der Waals surface area contributed by atoms with Crippen molar-refractivity contribution in [1.29, 1.82) is 0 Å². The van der Waals surface area contributed by atoms with Crippen LogP contribution in [0, 0.1) is 94.2 Å². The molecule has 0 atom stereocenters. The van der Waals surface area contributed by atoms with Crippen LogP contribution in [0.1, 0.15) is 11.1 Å². The van der Waals surface area contributed by atoms with Crippen molar-refractivity contribution < 1.29 is 70.4 Å². The van der Waals surface area contributed by atoms with Gasteiger partial charge in [-0.1, -0.05) is 35.9 Å². The number of hydrogen-bond acceptors (Lipinski definition) is 0. The molecule has 0 unspecified atom stereocenters. The summed E-state index contributed by atoms with van der Waals surface area (Å²) >= 11 is 11.4. The van der Waals surface area contributed by atoms with Gasteiger partial charge in [0.1, 0.15) is 41.0 Å². The van der Waals surface area contributed by atoms with E-state index in [1.807, 2.05) is 20.4 Å². The molecule has 0 aliphatic heterocycles. The van der Waals surface area contributed by atoms with E-state index in [-0.39, 0.29) is 11.5 Å². The smallest absolute Gasteiger partial charge is 0.230 e. The Balaban J connectivity index is 0.000000585. The molecule has 1 heterocycles. The molecule has 4 aromatic carbocycles. The van der Waals surface area contributed by atoms with E-state index in [2.05, 4.69) is 0 Å². The zero-order chi connectivity index (χ0) is 39.3. The molecule has 2 nitrogen and oxygen atoms in total. The van der Waals surface area contributed by atoms with Gasteiger partial charge in [0.2, 0.25) is 6.33 Å². The molecule has 20 heteroatoms. The first-order valence-electron chi connectivity index (χ1n) is 14.0. The van der Waals surface area contributed by atoms with Gasteiger partial charge in [0.25, 0.3) is 10.3 Å². The molecule has 0 radical (unpaired) electrons.